The van der Waals surface area contributed by atoms with Gasteiger partial charge in [-0.25, -0.2) is 0 Å². The van der Waals surface area contributed by atoms with E-state index in [2.05, 4.69) is 199 Å². The highest BCUT2D eigenvalue weighted by atomic mass is 16.5. The molecule has 284 valence electrons. The summed E-state index contributed by atoms with van der Waals surface area (Å²) in [5.41, 5.74) is 13.5. The quantitative estimate of drug-likeness (QED) is 0.0661. The van der Waals surface area contributed by atoms with Crippen LogP contribution in [0, 0.1) is 0 Å². The van der Waals surface area contributed by atoms with Crippen molar-refractivity contribution in [1.82, 2.24) is 4.57 Å². The Morgan fingerprint density at radius 3 is 1.64 bits per heavy atom. The molecule has 8 aromatic carbocycles. The van der Waals surface area contributed by atoms with Crippen LogP contribution in [0.3, 0.4) is 0 Å². The van der Waals surface area contributed by atoms with Crippen molar-refractivity contribution in [3.8, 4) is 44.8 Å². The van der Waals surface area contributed by atoms with Gasteiger partial charge in [0.2, 0.25) is 0 Å². The van der Waals surface area contributed by atoms with Crippen LogP contribution in [0.25, 0.3) is 66.9 Å². The molecule has 0 saturated heterocycles. The zero-order chi connectivity index (χ0) is 40.0. The Balaban J connectivity index is 1.06. The van der Waals surface area contributed by atoms with Crippen LogP contribution in [0.4, 0.5) is 11.4 Å². The zero-order valence-corrected chi connectivity index (χ0v) is 32.9. The Labute approximate surface area is 346 Å². The first kappa shape index (κ1) is 37.0. The zero-order valence-electron chi connectivity index (χ0n) is 32.9. The van der Waals surface area contributed by atoms with Crippen LogP contribution >= 0.6 is 0 Å². The fourth-order valence-electron chi connectivity index (χ4n) is 8.04. The summed E-state index contributed by atoms with van der Waals surface area (Å²) in [5, 5.41) is 2.52. The highest BCUT2D eigenvalue weighted by Crippen LogP contribution is 2.37. The SMILES string of the molecule is C=C/C=C/c1ccccc1OC(CC=C)N(c1ccc(-c2ccccc2)cc1)c1ccc(-c2cccc(-c3cccc(-n4c5ccccc5c5ccccc54)c3)c2)cc1. The average molecular weight is 761 g/mol. The van der Waals surface area contributed by atoms with Crippen molar-refractivity contribution in [1.29, 1.82) is 0 Å². The lowest BCUT2D eigenvalue weighted by atomic mass is 9.98. The van der Waals surface area contributed by atoms with Gasteiger partial charge in [0.05, 0.1) is 11.0 Å². The number of anilines is 2. The molecule has 0 bridgehead atoms. The number of allylic oxidation sites excluding steroid dienone is 2. The predicted octanol–water partition coefficient (Wildman–Crippen LogP) is 15.1. The Morgan fingerprint density at radius 1 is 0.492 bits per heavy atom. The lowest BCUT2D eigenvalue weighted by Crippen LogP contribution is -2.36. The first-order chi connectivity index (χ1) is 29.2. The molecule has 0 aliphatic rings. The molecule has 0 saturated carbocycles. The van der Waals surface area contributed by atoms with Crippen LogP contribution in [-0.4, -0.2) is 10.8 Å². The van der Waals surface area contributed by atoms with E-state index in [0.717, 1.165) is 50.6 Å². The van der Waals surface area contributed by atoms with Crippen molar-refractivity contribution in [2.45, 2.75) is 12.6 Å². The first-order valence-electron chi connectivity index (χ1n) is 20.1. The molecule has 3 heteroatoms. The number of hydrogen-bond donors (Lipinski definition) is 0. The Kier molecular flexibility index (Phi) is 10.6. The number of hydrogen-bond acceptors (Lipinski definition) is 2. The number of ether oxygens (including phenoxy) is 1. The van der Waals surface area contributed by atoms with E-state index in [-0.39, 0.29) is 6.23 Å². The van der Waals surface area contributed by atoms with Crippen LogP contribution in [0.2, 0.25) is 0 Å². The molecule has 0 spiro atoms. The third-order valence-electron chi connectivity index (χ3n) is 10.9. The number of fused-ring (bicyclic) bond motifs is 3. The van der Waals surface area contributed by atoms with E-state index >= 15 is 0 Å². The summed E-state index contributed by atoms with van der Waals surface area (Å²) in [6, 6.07) is 71.1. The molecule has 1 aromatic heterocycles. The molecular weight excluding hydrogens is 717 g/mol. The molecule has 59 heavy (non-hydrogen) atoms. The smallest absolute Gasteiger partial charge is 0.180 e. The maximum atomic E-state index is 6.90. The van der Waals surface area contributed by atoms with E-state index in [0.29, 0.717) is 6.42 Å². The van der Waals surface area contributed by atoms with Gasteiger partial charge in [-0.15, -0.1) is 6.58 Å². The highest BCUT2D eigenvalue weighted by Gasteiger charge is 2.23. The second-order valence-corrected chi connectivity index (χ2v) is 14.6. The normalized spacial score (nSPS) is 11.8. The standard InChI is InChI=1S/C56H44N2O/c1-3-5-18-44-21-9-14-30-55(44)59-56(17-4-2)57(48-35-31-42(32-36-48)41-19-7-6-8-20-41)49-37-33-43(34-38-49)45-22-15-23-46(39-45)47-24-16-25-50(40-47)58-53-28-12-10-26-51(53)52-27-11-13-29-54(52)58/h3-16,18-40,56H,1-2,17H2/b18-5+. The van der Waals surface area contributed by atoms with Gasteiger partial charge in [0, 0.05) is 39.8 Å². The van der Waals surface area contributed by atoms with Gasteiger partial charge in [-0.1, -0.05) is 170 Å². The van der Waals surface area contributed by atoms with Gasteiger partial charge in [0.25, 0.3) is 0 Å². The third-order valence-corrected chi connectivity index (χ3v) is 10.9. The van der Waals surface area contributed by atoms with Gasteiger partial charge >= 0.3 is 0 Å². The van der Waals surface area contributed by atoms with E-state index in [9.17, 15) is 0 Å². The van der Waals surface area contributed by atoms with E-state index in [1.807, 2.05) is 42.5 Å². The van der Waals surface area contributed by atoms with Crippen LogP contribution in [0.15, 0.2) is 232 Å². The monoisotopic (exact) mass is 760 g/mol. The average Bonchev–Trinajstić information content (AvgIpc) is 3.64. The largest absolute Gasteiger partial charge is 0.469 e. The topological polar surface area (TPSA) is 17.4 Å². The highest BCUT2D eigenvalue weighted by molar-refractivity contribution is 6.09. The molecule has 0 amide bonds. The second-order valence-electron chi connectivity index (χ2n) is 14.6. The maximum Gasteiger partial charge on any atom is 0.180 e. The molecule has 0 radical (unpaired) electrons. The van der Waals surface area contributed by atoms with Gasteiger partial charge in [-0.2, -0.15) is 0 Å². The van der Waals surface area contributed by atoms with Crippen LogP contribution in [0.5, 0.6) is 5.75 Å². The lowest BCUT2D eigenvalue weighted by Gasteiger charge is -2.34. The third kappa shape index (κ3) is 7.62. The number of para-hydroxylation sites is 3. The molecule has 9 aromatic rings. The molecule has 0 aliphatic carbocycles. The fourth-order valence-corrected chi connectivity index (χ4v) is 8.04. The molecule has 3 nitrogen and oxygen atoms in total. The van der Waals surface area contributed by atoms with Crippen molar-refractivity contribution in [3.63, 3.8) is 0 Å². The summed E-state index contributed by atoms with van der Waals surface area (Å²) in [6.45, 7) is 8.00. The van der Waals surface area contributed by atoms with Gasteiger partial charge < -0.3 is 14.2 Å². The summed E-state index contributed by atoms with van der Waals surface area (Å²) in [5.74, 6) is 0.791. The van der Waals surface area contributed by atoms with Gasteiger partial charge in [-0.05, 0) is 94.0 Å². The van der Waals surface area contributed by atoms with Gasteiger partial charge in [-0.3, -0.25) is 0 Å². The maximum absolute atomic E-state index is 6.90. The van der Waals surface area contributed by atoms with Crippen LogP contribution < -0.4 is 9.64 Å². The molecule has 1 heterocycles. The second kappa shape index (κ2) is 16.9. The van der Waals surface area contributed by atoms with Gasteiger partial charge in [0.1, 0.15) is 5.75 Å². The van der Waals surface area contributed by atoms with E-state index in [1.165, 1.54) is 32.9 Å². The van der Waals surface area contributed by atoms with Crippen molar-refractivity contribution in [2.75, 3.05) is 4.90 Å². The van der Waals surface area contributed by atoms with Crippen molar-refractivity contribution in [3.05, 3.63) is 237 Å². The van der Waals surface area contributed by atoms with E-state index in [4.69, 9.17) is 4.74 Å². The molecule has 1 atom stereocenters. The first-order valence-corrected chi connectivity index (χ1v) is 20.1. The Hall–Kier alpha value is -7.62. The number of nitrogens with zero attached hydrogens (tertiary/aromatic N) is 2. The van der Waals surface area contributed by atoms with Crippen LogP contribution in [0.1, 0.15) is 12.0 Å². The van der Waals surface area contributed by atoms with Crippen molar-refractivity contribution < 1.29 is 4.74 Å². The number of benzene rings is 8. The van der Waals surface area contributed by atoms with Crippen molar-refractivity contribution >= 4 is 39.3 Å². The molecule has 9 rings (SSSR count). The summed E-state index contributed by atoms with van der Waals surface area (Å²) in [6.07, 6.45) is 7.88. The number of rotatable bonds is 13. The molecule has 0 aliphatic heterocycles. The Bertz CT molecular complexity index is 2870. The van der Waals surface area contributed by atoms with Crippen molar-refractivity contribution in [2.24, 2.45) is 0 Å². The molecule has 0 N–H and O–H groups in total. The predicted molar refractivity (Wildman–Crippen MR) is 251 cm³/mol. The summed E-state index contributed by atoms with van der Waals surface area (Å²) >= 11 is 0. The van der Waals surface area contributed by atoms with E-state index < -0.39 is 0 Å². The summed E-state index contributed by atoms with van der Waals surface area (Å²) in [4.78, 5) is 2.27. The van der Waals surface area contributed by atoms with Crippen LogP contribution in [-0.2, 0) is 0 Å². The number of aromatic nitrogens is 1. The summed E-state index contributed by atoms with van der Waals surface area (Å²) in [7, 11) is 0. The van der Waals surface area contributed by atoms with Gasteiger partial charge in [0.15, 0.2) is 6.23 Å². The minimum atomic E-state index is -0.371. The van der Waals surface area contributed by atoms with E-state index in [1.54, 1.807) is 6.08 Å². The molecular formula is C56H44N2O. The minimum Gasteiger partial charge on any atom is -0.469 e. The fraction of sp³-hybridized carbons (Fsp3) is 0.0357. The minimum absolute atomic E-state index is 0.371. The molecule has 1 unspecified atom stereocenters. The molecule has 0 fully saturated rings. The summed E-state index contributed by atoms with van der Waals surface area (Å²) < 4.78 is 9.27. The Morgan fingerprint density at radius 2 is 1.00 bits per heavy atom. The lowest BCUT2D eigenvalue weighted by molar-refractivity contribution is 0.210.